The van der Waals surface area contributed by atoms with Crippen LogP contribution < -0.4 is 10.5 Å². The molecule has 1 aromatic heterocycles. The molecule has 6 heteroatoms. The Morgan fingerprint density at radius 1 is 1.37 bits per heavy atom. The highest BCUT2D eigenvalue weighted by atomic mass is 16.5. The van der Waals surface area contributed by atoms with Gasteiger partial charge in [-0.3, -0.25) is 4.79 Å². The van der Waals surface area contributed by atoms with Crippen LogP contribution >= 0.6 is 0 Å². The van der Waals surface area contributed by atoms with Crippen molar-refractivity contribution >= 4 is 5.91 Å². The van der Waals surface area contributed by atoms with Gasteiger partial charge in [0.2, 0.25) is 5.91 Å². The molecule has 1 heterocycles. The molecule has 0 bridgehead atoms. The lowest BCUT2D eigenvalue weighted by Gasteiger charge is -2.03. The third kappa shape index (κ3) is 3.31. The van der Waals surface area contributed by atoms with Crippen molar-refractivity contribution in [2.75, 3.05) is 0 Å². The molecule has 0 aliphatic rings. The quantitative estimate of drug-likeness (QED) is 0.887. The minimum Gasteiger partial charge on any atom is -0.484 e. The van der Waals surface area contributed by atoms with Crippen molar-refractivity contribution in [2.24, 2.45) is 5.73 Å². The molecular formula is C13H15N3O3. The van der Waals surface area contributed by atoms with E-state index in [1.165, 1.54) is 0 Å². The molecule has 0 saturated carbocycles. The first-order chi connectivity index (χ1) is 9.06. The zero-order valence-corrected chi connectivity index (χ0v) is 10.8. The van der Waals surface area contributed by atoms with Gasteiger partial charge in [0.1, 0.15) is 5.75 Å². The third-order valence-electron chi connectivity index (χ3n) is 2.50. The molecule has 0 atom stereocenters. The van der Waals surface area contributed by atoms with E-state index in [0.717, 1.165) is 0 Å². The molecule has 19 heavy (non-hydrogen) atoms. The number of benzene rings is 1. The fourth-order valence-corrected chi connectivity index (χ4v) is 1.42. The maximum Gasteiger partial charge on any atom is 0.264 e. The molecule has 0 radical (unpaired) electrons. The van der Waals surface area contributed by atoms with Crippen molar-refractivity contribution < 1.29 is 14.1 Å². The van der Waals surface area contributed by atoms with Crippen LogP contribution in [0.2, 0.25) is 0 Å². The maximum atomic E-state index is 10.9. The van der Waals surface area contributed by atoms with Crippen molar-refractivity contribution in [3.05, 3.63) is 41.5 Å². The minimum atomic E-state index is -0.468. The van der Waals surface area contributed by atoms with E-state index in [4.69, 9.17) is 15.0 Å². The molecule has 6 nitrogen and oxygen atoms in total. The Labute approximate surface area is 110 Å². The summed E-state index contributed by atoms with van der Waals surface area (Å²) in [5.41, 5.74) is 5.58. The summed E-state index contributed by atoms with van der Waals surface area (Å²) in [6, 6.07) is 6.54. The van der Waals surface area contributed by atoms with E-state index in [0.29, 0.717) is 23.0 Å². The van der Waals surface area contributed by atoms with E-state index >= 15 is 0 Å². The summed E-state index contributed by atoms with van der Waals surface area (Å²) in [5.74, 6) is 1.43. The number of ether oxygens (including phenoxy) is 1. The molecule has 0 aliphatic carbocycles. The minimum absolute atomic E-state index is 0.190. The molecule has 0 saturated heterocycles. The van der Waals surface area contributed by atoms with E-state index in [2.05, 4.69) is 10.1 Å². The van der Waals surface area contributed by atoms with E-state index < -0.39 is 5.91 Å². The molecule has 1 aromatic carbocycles. The van der Waals surface area contributed by atoms with E-state index in [1.807, 2.05) is 13.8 Å². The van der Waals surface area contributed by atoms with Crippen molar-refractivity contribution in [3.8, 4) is 5.75 Å². The first kappa shape index (κ1) is 13.1. The van der Waals surface area contributed by atoms with Crippen LogP contribution in [0, 0.1) is 0 Å². The second-order valence-corrected chi connectivity index (χ2v) is 4.38. The normalized spacial score (nSPS) is 10.7. The van der Waals surface area contributed by atoms with Gasteiger partial charge in [-0.15, -0.1) is 0 Å². The van der Waals surface area contributed by atoms with Crippen LogP contribution in [-0.2, 0) is 6.61 Å². The molecule has 0 unspecified atom stereocenters. The van der Waals surface area contributed by atoms with Gasteiger partial charge in [0, 0.05) is 11.5 Å². The SMILES string of the molecule is CC(C)c1noc(COc2ccc(C(N)=O)cc2)n1. The molecule has 2 aromatic rings. The van der Waals surface area contributed by atoms with Crippen LogP contribution in [0.5, 0.6) is 5.75 Å². The highest BCUT2D eigenvalue weighted by Gasteiger charge is 2.10. The summed E-state index contributed by atoms with van der Waals surface area (Å²) in [5, 5.41) is 3.84. The van der Waals surface area contributed by atoms with Crippen molar-refractivity contribution in [2.45, 2.75) is 26.4 Å². The summed E-state index contributed by atoms with van der Waals surface area (Å²) < 4.78 is 10.5. The first-order valence-corrected chi connectivity index (χ1v) is 5.91. The molecule has 0 aliphatic heterocycles. The third-order valence-corrected chi connectivity index (χ3v) is 2.50. The van der Waals surface area contributed by atoms with Crippen LogP contribution in [0.15, 0.2) is 28.8 Å². The van der Waals surface area contributed by atoms with Crippen LogP contribution in [0.25, 0.3) is 0 Å². The predicted octanol–water partition coefficient (Wildman–Crippen LogP) is 1.87. The zero-order valence-electron chi connectivity index (χ0n) is 10.8. The van der Waals surface area contributed by atoms with E-state index in [9.17, 15) is 4.79 Å². The number of aromatic nitrogens is 2. The summed E-state index contributed by atoms with van der Waals surface area (Å²) in [6.07, 6.45) is 0. The van der Waals surface area contributed by atoms with Gasteiger partial charge >= 0.3 is 0 Å². The number of hydrogen-bond donors (Lipinski definition) is 1. The average Bonchev–Trinajstić information content (AvgIpc) is 2.86. The van der Waals surface area contributed by atoms with Gasteiger partial charge in [-0.25, -0.2) is 0 Å². The summed E-state index contributed by atoms with van der Waals surface area (Å²) in [4.78, 5) is 15.1. The molecule has 0 fully saturated rings. The molecule has 2 N–H and O–H groups in total. The zero-order chi connectivity index (χ0) is 13.8. The van der Waals surface area contributed by atoms with Crippen molar-refractivity contribution in [3.63, 3.8) is 0 Å². The van der Waals surface area contributed by atoms with E-state index in [-0.39, 0.29) is 12.5 Å². The lowest BCUT2D eigenvalue weighted by molar-refractivity contribution is 0.1000. The van der Waals surface area contributed by atoms with Gasteiger partial charge < -0.3 is 15.0 Å². The Morgan fingerprint density at radius 3 is 2.58 bits per heavy atom. The maximum absolute atomic E-state index is 10.9. The number of amides is 1. The monoisotopic (exact) mass is 261 g/mol. The van der Waals surface area contributed by atoms with Crippen molar-refractivity contribution in [1.29, 1.82) is 0 Å². The van der Waals surface area contributed by atoms with Gasteiger partial charge in [-0.1, -0.05) is 19.0 Å². The predicted molar refractivity (Wildman–Crippen MR) is 67.7 cm³/mol. The fraction of sp³-hybridized carbons (Fsp3) is 0.308. The number of nitrogens with zero attached hydrogens (tertiary/aromatic N) is 2. The second kappa shape index (κ2) is 5.51. The molecule has 100 valence electrons. The molecule has 1 amide bonds. The van der Waals surface area contributed by atoms with Gasteiger partial charge in [0.15, 0.2) is 12.4 Å². The van der Waals surface area contributed by atoms with Crippen LogP contribution in [0.3, 0.4) is 0 Å². The van der Waals surface area contributed by atoms with Gasteiger partial charge in [-0.2, -0.15) is 4.98 Å². The second-order valence-electron chi connectivity index (χ2n) is 4.38. The lowest BCUT2D eigenvalue weighted by atomic mass is 10.2. The Balaban J connectivity index is 1.96. The largest absolute Gasteiger partial charge is 0.484 e. The Morgan fingerprint density at radius 2 is 2.05 bits per heavy atom. The number of nitrogens with two attached hydrogens (primary N) is 1. The first-order valence-electron chi connectivity index (χ1n) is 5.91. The standard InChI is InChI=1S/C13H15N3O3/c1-8(2)13-15-11(19-16-13)7-18-10-5-3-9(4-6-10)12(14)17/h3-6,8H,7H2,1-2H3,(H2,14,17). The molecule has 2 rings (SSSR count). The number of carbonyl (C=O) groups excluding carboxylic acids is 1. The summed E-state index contributed by atoms with van der Waals surface area (Å²) >= 11 is 0. The Hall–Kier alpha value is -2.37. The van der Waals surface area contributed by atoms with Crippen molar-refractivity contribution in [1.82, 2.24) is 10.1 Å². The van der Waals surface area contributed by atoms with Crippen LogP contribution in [0.4, 0.5) is 0 Å². The number of rotatable bonds is 5. The van der Waals surface area contributed by atoms with Gasteiger partial charge in [0.25, 0.3) is 5.89 Å². The fourth-order valence-electron chi connectivity index (χ4n) is 1.42. The molecule has 0 spiro atoms. The Kier molecular flexibility index (Phi) is 3.79. The topological polar surface area (TPSA) is 91.2 Å². The lowest BCUT2D eigenvalue weighted by Crippen LogP contribution is -2.10. The number of carbonyl (C=O) groups is 1. The Bertz CT molecular complexity index is 561. The smallest absolute Gasteiger partial charge is 0.264 e. The number of primary amides is 1. The highest BCUT2D eigenvalue weighted by molar-refractivity contribution is 5.92. The summed E-state index contributed by atoms with van der Waals surface area (Å²) in [7, 11) is 0. The summed E-state index contributed by atoms with van der Waals surface area (Å²) in [6.45, 7) is 4.16. The average molecular weight is 261 g/mol. The van der Waals surface area contributed by atoms with Gasteiger partial charge in [0.05, 0.1) is 0 Å². The molecular weight excluding hydrogens is 246 g/mol. The van der Waals surface area contributed by atoms with E-state index in [1.54, 1.807) is 24.3 Å². The van der Waals surface area contributed by atoms with Crippen LogP contribution in [0.1, 0.15) is 41.8 Å². The number of hydrogen-bond acceptors (Lipinski definition) is 5. The van der Waals surface area contributed by atoms with Crippen LogP contribution in [-0.4, -0.2) is 16.0 Å². The van der Waals surface area contributed by atoms with Gasteiger partial charge in [-0.05, 0) is 24.3 Å². The highest BCUT2D eigenvalue weighted by Crippen LogP contribution is 2.15.